The van der Waals surface area contributed by atoms with Crippen LogP contribution >= 0.6 is 0 Å². The highest BCUT2D eigenvalue weighted by Crippen LogP contribution is 2.21. The number of allylic oxidation sites excluding steroid dienone is 1. The number of rotatable bonds is 5. The number of anilines is 1. The fourth-order valence-electron chi connectivity index (χ4n) is 1.36. The van der Waals surface area contributed by atoms with Gasteiger partial charge >= 0.3 is 0 Å². The van der Waals surface area contributed by atoms with Gasteiger partial charge in [0.25, 0.3) is 0 Å². The van der Waals surface area contributed by atoms with Crippen molar-refractivity contribution in [3.05, 3.63) is 35.4 Å². The molecule has 0 spiro atoms. The Hall–Kier alpha value is -2.33. The monoisotopic (exact) mass is 294 g/mol. The highest BCUT2D eigenvalue weighted by molar-refractivity contribution is 7.95. The zero-order valence-electron chi connectivity index (χ0n) is 11.1. The number of nitriles is 1. The van der Waals surface area contributed by atoms with Crippen LogP contribution in [0.15, 0.2) is 40.3 Å². The van der Waals surface area contributed by atoms with E-state index >= 15 is 0 Å². The third-order valence-electron chi connectivity index (χ3n) is 2.24. The summed E-state index contributed by atoms with van der Waals surface area (Å²) < 4.78 is 29.1. The van der Waals surface area contributed by atoms with Gasteiger partial charge in [0.05, 0.1) is 11.5 Å². The van der Waals surface area contributed by atoms with Crippen molar-refractivity contribution in [1.82, 2.24) is 0 Å². The van der Waals surface area contributed by atoms with E-state index < -0.39 is 14.7 Å². The van der Waals surface area contributed by atoms with Gasteiger partial charge in [0.15, 0.2) is 4.91 Å². The Bertz CT molecular complexity index is 655. The topological polar surface area (TPSA) is 96.3 Å². The van der Waals surface area contributed by atoms with Crippen molar-refractivity contribution in [2.75, 3.05) is 11.9 Å². The van der Waals surface area contributed by atoms with Crippen molar-refractivity contribution in [3.8, 4) is 6.07 Å². The maximum absolute atomic E-state index is 12.1. The van der Waals surface area contributed by atoms with E-state index in [2.05, 4.69) is 5.32 Å². The lowest BCUT2D eigenvalue weighted by Gasteiger charge is -2.05. The van der Waals surface area contributed by atoms with Gasteiger partial charge < -0.3 is 10.1 Å². The lowest BCUT2D eigenvalue weighted by Crippen LogP contribution is -2.07. The molecule has 0 unspecified atom stereocenters. The molecule has 1 aromatic rings. The number of nitrogens with one attached hydrogen (secondary N) is 1. The quantitative estimate of drug-likeness (QED) is 0.660. The summed E-state index contributed by atoms with van der Waals surface area (Å²) >= 11 is 0. The van der Waals surface area contributed by atoms with Gasteiger partial charge in [0, 0.05) is 12.6 Å². The molecule has 0 saturated carbocycles. The average Bonchev–Trinajstić information content (AvgIpc) is 2.39. The van der Waals surface area contributed by atoms with Gasteiger partial charge in [-0.25, -0.2) is 8.42 Å². The summed E-state index contributed by atoms with van der Waals surface area (Å²) in [5, 5.41) is 11.4. The first-order valence-electron chi connectivity index (χ1n) is 5.76. The molecule has 0 radical (unpaired) electrons. The number of amides is 1. The summed E-state index contributed by atoms with van der Waals surface area (Å²) in [4.78, 5) is 10.4. The van der Waals surface area contributed by atoms with Crippen molar-refractivity contribution in [1.29, 1.82) is 5.26 Å². The molecule has 106 valence electrons. The van der Waals surface area contributed by atoms with E-state index in [9.17, 15) is 13.2 Å². The zero-order chi connectivity index (χ0) is 15.2. The van der Waals surface area contributed by atoms with Crippen LogP contribution in [0.5, 0.6) is 0 Å². The number of benzene rings is 1. The summed E-state index contributed by atoms with van der Waals surface area (Å²) in [6.07, 6.45) is 0.928. The zero-order valence-corrected chi connectivity index (χ0v) is 11.9. The van der Waals surface area contributed by atoms with Gasteiger partial charge in [-0.3, -0.25) is 4.79 Å². The second-order valence-corrected chi connectivity index (χ2v) is 5.68. The predicted octanol–water partition coefficient (Wildman–Crippen LogP) is 1.82. The van der Waals surface area contributed by atoms with Crippen LogP contribution in [0.1, 0.15) is 13.8 Å². The maximum Gasteiger partial charge on any atom is 0.221 e. The van der Waals surface area contributed by atoms with E-state index in [-0.39, 0.29) is 17.4 Å². The molecule has 0 aromatic heterocycles. The van der Waals surface area contributed by atoms with Gasteiger partial charge in [-0.2, -0.15) is 5.26 Å². The molecule has 1 N–H and O–H groups in total. The van der Waals surface area contributed by atoms with Gasteiger partial charge in [-0.05, 0) is 31.2 Å². The number of hydrogen-bond donors (Lipinski definition) is 1. The molecule has 1 rings (SSSR count). The van der Waals surface area contributed by atoms with E-state index in [0.29, 0.717) is 5.69 Å². The number of carbonyl (C=O) groups is 1. The van der Waals surface area contributed by atoms with Crippen molar-refractivity contribution >= 4 is 21.4 Å². The first-order chi connectivity index (χ1) is 9.41. The van der Waals surface area contributed by atoms with Crippen molar-refractivity contribution in [3.63, 3.8) is 0 Å². The number of carbonyl (C=O) groups excluding carboxylic acids is 1. The molecule has 1 aromatic carbocycles. The molecule has 0 aliphatic carbocycles. The summed E-state index contributed by atoms with van der Waals surface area (Å²) in [5.41, 5.74) is 0.476. The van der Waals surface area contributed by atoms with Crippen molar-refractivity contribution < 1.29 is 17.9 Å². The fraction of sp³-hybridized carbons (Fsp3) is 0.231. The Balaban J connectivity index is 3.10. The summed E-state index contributed by atoms with van der Waals surface area (Å²) in [7, 11) is -3.91. The average molecular weight is 294 g/mol. The molecule has 0 aliphatic heterocycles. The molecule has 1 amide bonds. The second kappa shape index (κ2) is 6.73. The molecule has 0 saturated heterocycles. The number of hydrogen-bond acceptors (Lipinski definition) is 5. The van der Waals surface area contributed by atoms with Gasteiger partial charge in [0.2, 0.25) is 15.7 Å². The van der Waals surface area contributed by atoms with Crippen LogP contribution in [-0.2, 0) is 19.4 Å². The first-order valence-corrected chi connectivity index (χ1v) is 7.24. The lowest BCUT2D eigenvalue weighted by atomic mass is 10.3. The molecule has 0 bridgehead atoms. The Kier molecular flexibility index (Phi) is 5.29. The molecule has 0 fully saturated rings. The van der Waals surface area contributed by atoms with Crippen LogP contribution < -0.4 is 5.32 Å². The van der Waals surface area contributed by atoms with Gasteiger partial charge in [-0.15, -0.1) is 0 Å². The first kappa shape index (κ1) is 15.7. The minimum Gasteiger partial charge on any atom is -0.499 e. The van der Waals surface area contributed by atoms with Gasteiger partial charge in [-0.1, -0.05) is 0 Å². The summed E-state index contributed by atoms with van der Waals surface area (Å²) in [6.45, 7) is 3.30. The van der Waals surface area contributed by atoms with E-state index in [1.165, 1.54) is 31.2 Å². The van der Waals surface area contributed by atoms with Gasteiger partial charge in [0.1, 0.15) is 12.3 Å². The number of sulfone groups is 1. The summed E-state index contributed by atoms with van der Waals surface area (Å²) in [6, 6.07) is 7.13. The number of ether oxygens (including phenoxy) is 1. The van der Waals surface area contributed by atoms with Crippen LogP contribution in [0.2, 0.25) is 0 Å². The van der Waals surface area contributed by atoms with Crippen LogP contribution in [0.25, 0.3) is 0 Å². The Labute approximate surface area is 117 Å². The third kappa shape index (κ3) is 3.83. The SMILES string of the molecule is CCO/C=C(\C#N)S(=O)(=O)c1ccc(NC(C)=O)cc1. The lowest BCUT2D eigenvalue weighted by molar-refractivity contribution is -0.114. The Morgan fingerprint density at radius 3 is 2.45 bits per heavy atom. The fourth-order valence-corrected chi connectivity index (χ4v) is 2.42. The highest BCUT2D eigenvalue weighted by Gasteiger charge is 2.21. The maximum atomic E-state index is 12.1. The van der Waals surface area contributed by atoms with E-state index in [4.69, 9.17) is 10.00 Å². The van der Waals surface area contributed by atoms with Crippen LogP contribution in [0, 0.1) is 11.3 Å². The number of nitrogens with zero attached hydrogens (tertiary/aromatic N) is 1. The molecule has 20 heavy (non-hydrogen) atoms. The molecule has 0 heterocycles. The molecule has 6 nitrogen and oxygen atoms in total. The molecular formula is C13H14N2O4S. The third-order valence-corrected chi connectivity index (χ3v) is 3.90. The van der Waals surface area contributed by atoms with Crippen LogP contribution in [0.4, 0.5) is 5.69 Å². The molecule has 7 heteroatoms. The molecular weight excluding hydrogens is 280 g/mol. The minimum atomic E-state index is -3.91. The standard InChI is InChI=1S/C13H14N2O4S/c1-3-19-9-13(8-14)20(17,18)12-6-4-11(5-7-12)15-10(2)16/h4-7,9H,3H2,1-2H3,(H,15,16)/b13-9+. The normalized spacial score (nSPS) is 11.6. The van der Waals surface area contributed by atoms with E-state index in [1.807, 2.05) is 0 Å². The van der Waals surface area contributed by atoms with E-state index in [0.717, 1.165) is 6.26 Å². The highest BCUT2D eigenvalue weighted by atomic mass is 32.2. The second-order valence-electron chi connectivity index (χ2n) is 3.76. The van der Waals surface area contributed by atoms with Crippen molar-refractivity contribution in [2.24, 2.45) is 0 Å². The summed E-state index contributed by atoms with van der Waals surface area (Å²) in [5.74, 6) is -0.255. The van der Waals surface area contributed by atoms with Crippen LogP contribution in [0.3, 0.4) is 0 Å². The molecule has 0 atom stereocenters. The predicted molar refractivity (Wildman–Crippen MR) is 73.3 cm³/mol. The Morgan fingerprint density at radius 1 is 1.40 bits per heavy atom. The Morgan fingerprint density at radius 2 is 2.00 bits per heavy atom. The molecule has 0 aliphatic rings. The van der Waals surface area contributed by atoms with E-state index in [1.54, 1.807) is 13.0 Å². The minimum absolute atomic E-state index is 0.0425. The largest absolute Gasteiger partial charge is 0.499 e. The van der Waals surface area contributed by atoms with Crippen molar-refractivity contribution in [2.45, 2.75) is 18.7 Å². The van der Waals surface area contributed by atoms with Crippen LogP contribution in [-0.4, -0.2) is 20.9 Å². The smallest absolute Gasteiger partial charge is 0.221 e.